The fourth-order valence-corrected chi connectivity index (χ4v) is 2.05. The summed E-state index contributed by atoms with van der Waals surface area (Å²) in [7, 11) is 1.61. The molecular formula is C11H11Cl2N3O. The number of nitrogens with two attached hydrogens (primary N) is 1. The molecule has 0 saturated heterocycles. The fourth-order valence-electron chi connectivity index (χ4n) is 1.66. The number of anilines is 1. The highest BCUT2D eigenvalue weighted by Crippen LogP contribution is 2.27. The lowest BCUT2D eigenvalue weighted by Gasteiger charge is -2.04. The number of hydrogen-bond donors (Lipinski definition) is 2. The number of nitrogens with zero attached hydrogens (tertiary/aromatic N) is 1. The van der Waals surface area contributed by atoms with Crippen LogP contribution in [0.1, 0.15) is 11.1 Å². The first kappa shape index (κ1) is 12.1. The van der Waals surface area contributed by atoms with Gasteiger partial charge in [0.05, 0.1) is 15.6 Å². The molecule has 1 aromatic heterocycles. The molecule has 0 aliphatic carbocycles. The molecule has 0 saturated carbocycles. The van der Waals surface area contributed by atoms with Crippen LogP contribution in [0, 0.1) is 0 Å². The molecule has 1 aromatic carbocycles. The van der Waals surface area contributed by atoms with E-state index in [1.165, 1.54) is 4.68 Å². The van der Waals surface area contributed by atoms with E-state index in [1.54, 1.807) is 19.2 Å². The Morgan fingerprint density at radius 1 is 1.41 bits per heavy atom. The Morgan fingerprint density at radius 3 is 2.71 bits per heavy atom. The van der Waals surface area contributed by atoms with Crippen LogP contribution in [0.4, 0.5) is 5.82 Å². The molecule has 0 amide bonds. The molecule has 0 spiro atoms. The van der Waals surface area contributed by atoms with E-state index >= 15 is 0 Å². The maximum Gasteiger partial charge on any atom is 0.271 e. The van der Waals surface area contributed by atoms with Crippen LogP contribution in [0.3, 0.4) is 0 Å². The lowest BCUT2D eigenvalue weighted by atomic mass is 10.1. The van der Waals surface area contributed by atoms with Crippen molar-refractivity contribution in [2.45, 2.75) is 6.42 Å². The number of aromatic amines is 1. The molecule has 0 fully saturated rings. The molecule has 0 unspecified atom stereocenters. The van der Waals surface area contributed by atoms with E-state index < -0.39 is 0 Å². The Balaban J connectivity index is 2.45. The highest BCUT2D eigenvalue weighted by molar-refractivity contribution is 6.42. The average Bonchev–Trinajstić information content (AvgIpc) is 2.51. The maximum absolute atomic E-state index is 11.8. The van der Waals surface area contributed by atoms with Crippen molar-refractivity contribution in [2.75, 3.05) is 5.73 Å². The Labute approximate surface area is 108 Å². The second kappa shape index (κ2) is 4.47. The number of nitrogens with one attached hydrogen (secondary N) is 1. The summed E-state index contributed by atoms with van der Waals surface area (Å²) in [4.78, 5) is 11.8. The van der Waals surface area contributed by atoms with E-state index in [1.807, 2.05) is 6.07 Å². The zero-order valence-corrected chi connectivity index (χ0v) is 10.6. The number of benzene rings is 1. The Morgan fingerprint density at radius 2 is 2.12 bits per heavy atom. The summed E-state index contributed by atoms with van der Waals surface area (Å²) in [5.74, 6) is 0.355. The Kier molecular flexibility index (Phi) is 3.17. The molecule has 17 heavy (non-hydrogen) atoms. The van der Waals surface area contributed by atoms with Gasteiger partial charge in [-0.2, -0.15) is 0 Å². The van der Waals surface area contributed by atoms with Gasteiger partial charge in [0.1, 0.15) is 5.82 Å². The number of H-pyrrole nitrogens is 1. The summed E-state index contributed by atoms with van der Waals surface area (Å²) in [6, 6.07) is 5.31. The van der Waals surface area contributed by atoms with Crippen LogP contribution in [0.25, 0.3) is 0 Å². The zero-order chi connectivity index (χ0) is 12.6. The number of aromatic nitrogens is 2. The summed E-state index contributed by atoms with van der Waals surface area (Å²) in [5, 5.41) is 3.66. The van der Waals surface area contributed by atoms with Crippen LogP contribution in [-0.2, 0) is 13.5 Å². The van der Waals surface area contributed by atoms with Crippen LogP contribution >= 0.6 is 23.2 Å². The smallest absolute Gasteiger partial charge is 0.271 e. The van der Waals surface area contributed by atoms with Gasteiger partial charge in [0.25, 0.3) is 5.56 Å². The van der Waals surface area contributed by atoms with E-state index in [2.05, 4.69) is 5.10 Å². The van der Waals surface area contributed by atoms with Crippen LogP contribution in [-0.4, -0.2) is 9.78 Å². The minimum atomic E-state index is -0.154. The third kappa shape index (κ3) is 2.18. The van der Waals surface area contributed by atoms with Gasteiger partial charge in [-0.1, -0.05) is 35.3 Å². The first-order valence-electron chi connectivity index (χ1n) is 4.97. The van der Waals surface area contributed by atoms with E-state index in [4.69, 9.17) is 28.9 Å². The van der Waals surface area contributed by atoms with Crippen molar-refractivity contribution in [1.82, 2.24) is 9.78 Å². The summed E-state index contributed by atoms with van der Waals surface area (Å²) < 4.78 is 1.34. The van der Waals surface area contributed by atoms with Crippen molar-refractivity contribution in [1.29, 1.82) is 0 Å². The summed E-state index contributed by atoms with van der Waals surface area (Å²) in [6.45, 7) is 0. The van der Waals surface area contributed by atoms with Crippen LogP contribution in [0.2, 0.25) is 10.0 Å². The van der Waals surface area contributed by atoms with Crippen LogP contribution in [0.5, 0.6) is 0 Å². The fraction of sp³-hybridized carbons (Fsp3) is 0.182. The van der Waals surface area contributed by atoms with E-state index in [9.17, 15) is 4.79 Å². The van der Waals surface area contributed by atoms with Gasteiger partial charge in [-0.3, -0.25) is 14.6 Å². The van der Waals surface area contributed by atoms with Gasteiger partial charge in [-0.15, -0.1) is 0 Å². The molecule has 3 N–H and O–H groups in total. The first-order valence-corrected chi connectivity index (χ1v) is 5.72. The third-order valence-electron chi connectivity index (χ3n) is 2.57. The minimum absolute atomic E-state index is 0.154. The normalized spacial score (nSPS) is 10.8. The molecule has 0 aliphatic heterocycles. The third-order valence-corrected chi connectivity index (χ3v) is 3.43. The number of nitrogen functional groups attached to an aromatic ring is 1. The van der Waals surface area contributed by atoms with E-state index in [0.717, 1.165) is 5.56 Å². The van der Waals surface area contributed by atoms with Crippen molar-refractivity contribution in [3.05, 3.63) is 49.7 Å². The monoisotopic (exact) mass is 271 g/mol. The standard InChI is InChI=1S/C11H11Cl2N3O/c1-16-11(17)7(10(14)15-16)5-6-3-2-4-8(12)9(6)13/h2-4,15H,5,14H2,1H3. The molecule has 0 aliphatic rings. The van der Waals surface area contributed by atoms with Crippen LogP contribution < -0.4 is 11.3 Å². The Hall–Kier alpha value is -1.39. The Bertz CT molecular complexity index is 616. The second-order valence-corrected chi connectivity index (χ2v) is 4.54. The number of aryl methyl sites for hydroxylation is 1. The largest absolute Gasteiger partial charge is 0.384 e. The molecule has 2 rings (SSSR count). The predicted molar refractivity (Wildman–Crippen MR) is 69.7 cm³/mol. The molecule has 90 valence electrons. The van der Waals surface area contributed by atoms with E-state index in [0.29, 0.717) is 27.8 Å². The molecular weight excluding hydrogens is 261 g/mol. The van der Waals surface area contributed by atoms with Crippen LogP contribution in [0.15, 0.2) is 23.0 Å². The first-order chi connectivity index (χ1) is 8.00. The summed E-state index contributed by atoms with van der Waals surface area (Å²) in [5.41, 5.74) is 6.85. The number of halogens is 2. The van der Waals surface area contributed by atoms with E-state index in [-0.39, 0.29) is 5.56 Å². The van der Waals surface area contributed by atoms with Crippen molar-refractivity contribution in [3.8, 4) is 0 Å². The quantitative estimate of drug-likeness (QED) is 0.880. The average molecular weight is 272 g/mol. The topological polar surface area (TPSA) is 63.8 Å². The van der Waals surface area contributed by atoms with Crippen molar-refractivity contribution in [3.63, 3.8) is 0 Å². The van der Waals surface area contributed by atoms with Gasteiger partial charge in [0.15, 0.2) is 0 Å². The maximum atomic E-state index is 11.8. The molecule has 6 heteroatoms. The molecule has 4 nitrogen and oxygen atoms in total. The number of hydrogen-bond acceptors (Lipinski definition) is 2. The zero-order valence-electron chi connectivity index (χ0n) is 9.13. The molecule has 2 aromatic rings. The van der Waals surface area contributed by atoms with Gasteiger partial charge in [-0.25, -0.2) is 0 Å². The lowest BCUT2D eigenvalue weighted by molar-refractivity contribution is 0.741. The summed E-state index contributed by atoms with van der Waals surface area (Å²) >= 11 is 12.0. The van der Waals surface area contributed by atoms with Crippen molar-refractivity contribution in [2.24, 2.45) is 7.05 Å². The molecule has 0 bridgehead atoms. The van der Waals surface area contributed by atoms with Crippen molar-refractivity contribution >= 4 is 29.0 Å². The molecule has 1 heterocycles. The van der Waals surface area contributed by atoms with Crippen molar-refractivity contribution < 1.29 is 0 Å². The van der Waals surface area contributed by atoms with Gasteiger partial charge >= 0.3 is 0 Å². The lowest BCUT2D eigenvalue weighted by Crippen LogP contribution is -2.15. The molecule has 0 atom stereocenters. The predicted octanol–water partition coefficient (Wildman–Crippen LogP) is 2.19. The summed E-state index contributed by atoms with van der Waals surface area (Å²) in [6.07, 6.45) is 0.363. The van der Waals surface area contributed by atoms with Gasteiger partial charge in [0.2, 0.25) is 0 Å². The highest BCUT2D eigenvalue weighted by atomic mass is 35.5. The van der Waals surface area contributed by atoms with Gasteiger partial charge in [0, 0.05) is 13.5 Å². The minimum Gasteiger partial charge on any atom is -0.384 e. The number of rotatable bonds is 2. The molecule has 0 radical (unpaired) electrons. The SMILES string of the molecule is Cn1[nH]c(N)c(Cc2cccc(Cl)c2Cl)c1=O. The van der Waals surface area contributed by atoms with Gasteiger partial charge in [-0.05, 0) is 11.6 Å². The van der Waals surface area contributed by atoms with Gasteiger partial charge < -0.3 is 5.73 Å². The second-order valence-electron chi connectivity index (χ2n) is 3.76. The highest BCUT2D eigenvalue weighted by Gasteiger charge is 2.13.